The fourth-order valence-corrected chi connectivity index (χ4v) is 5.05. The normalized spacial score (nSPS) is 18.8. The number of halogens is 5. The highest BCUT2D eigenvalue weighted by molar-refractivity contribution is 6.15. The lowest BCUT2D eigenvalue weighted by atomic mass is 9.78. The van der Waals surface area contributed by atoms with Gasteiger partial charge in [0.25, 0.3) is 11.8 Å². The van der Waals surface area contributed by atoms with Gasteiger partial charge in [0.2, 0.25) is 0 Å². The Morgan fingerprint density at radius 1 is 1.09 bits per heavy atom. The third-order valence-corrected chi connectivity index (χ3v) is 7.15. The Kier molecular flexibility index (Phi) is 10.2. The molecule has 1 fully saturated rings. The average Bonchev–Trinajstić information content (AvgIpc) is 3.02. The van der Waals surface area contributed by atoms with E-state index in [-0.39, 0.29) is 42.3 Å². The highest BCUT2D eigenvalue weighted by Crippen LogP contribution is 2.38. The van der Waals surface area contributed by atoms with Crippen LogP contribution in [-0.4, -0.2) is 59.8 Å². The minimum Gasteiger partial charge on any atom is -0.400 e. The number of para-hydroxylation sites is 1. The average molecular weight is 625 g/mol. The Morgan fingerprint density at radius 3 is 2.38 bits per heavy atom. The van der Waals surface area contributed by atoms with E-state index in [4.69, 9.17) is 10.7 Å². The number of amidine groups is 1. The molecular weight excluding hydrogens is 595 g/mol. The van der Waals surface area contributed by atoms with Gasteiger partial charge in [0, 0.05) is 29.3 Å². The van der Waals surface area contributed by atoms with Crippen molar-refractivity contribution in [3.05, 3.63) is 113 Å². The Hall–Kier alpha value is -5.25. The summed E-state index contributed by atoms with van der Waals surface area (Å²) >= 11 is 0. The van der Waals surface area contributed by atoms with Crippen LogP contribution >= 0.6 is 0 Å². The lowest BCUT2D eigenvalue weighted by Crippen LogP contribution is -2.59. The molecule has 1 aliphatic heterocycles. The van der Waals surface area contributed by atoms with Crippen LogP contribution in [0.25, 0.3) is 0 Å². The third-order valence-electron chi connectivity index (χ3n) is 7.15. The number of carbonyl (C=O) groups is 2. The monoisotopic (exact) mass is 624 g/mol. The van der Waals surface area contributed by atoms with Gasteiger partial charge in [-0.3, -0.25) is 14.5 Å². The van der Waals surface area contributed by atoms with Crippen LogP contribution in [0, 0.1) is 17.3 Å². The highest BCUT2D eigenvalue weighted by atomic mass is 19.4. The first-order valence-electron chi connectivity index (χ1n) is 13.9. The topological polar surface area (TPSA) is 115 Å². The number of carbonyl (C=O) groups excluding carboxylic acids is 2. The van der Waals surface area contributed by atoms with Gasteiger partial charge in [-0.1, -0.05) is 36.4 Å². The smallest absolute Gasteiger partial charge is 0.400 e. The van der Waals surface area contributed by atoms with Crippen molar-refractivity contribution in [3.8, 4) is 6.19 Å². The third kappa shape index (κ3) is 7.46. The minimum absolute atomic E-state index is 0.0123. The number of hydrogen-bond donors (Lipinski definition) is 2. The fourth-order valence-electron chi connectivity index (χ4n) is 5.05. The molecular formula is C32H29F5N6O2. The lowest BCUT2D eigenvalue weighted by molar-refractivity contribution is -0.137. The van der Waals surface area contributed by atoms with E-state index in [1.54, 1.807) is 37.3 Å². The van der Waals surface area contributed by atoms with Gasteiger partial charge >= 0.3 is 6.18 Å². The van der Waals surface area contributed by atoms with E-state index in [2.05, 4.69) is 5.32 Å². The summed E-state index contributed by atoms with van der Waals surface area (Å²) in [5.74, 6) is -3.26. The van der Waals surface area contributed by atoms with Crippen molar-refractivity contribution in [2.45, 2.75) is 25.1 Å². The summed E-state index contributed by atoms with van der Waals surface area (Å²) in [7, 11) is 0. The van der Waals surface area contributed by atoms with Crippen molar-refractivity contribution in [2.75, 3.05) is 26.3 Å². The quantitative estimate of drug-likeness (QED) is 0.191. The van der Waals surface area contributed by atoms with Crippen molar-refractivity contribution < 1.29 is 31.5 Å². The molecule has 2 atom stereocenters. The predicted octanol–water partition coefficient (Wildman–Crippen LogP) is 5.28. The van der Waals surface area contributed by atoms with Gasteiger partial charge in [0.1, 0.15) is 24.4 Å². The maximum absolute atomic E-state index is 14.2. The summed E-state index contributed by atoms with van der Waals surface area (Å²) in [6, 6.07) is 15.9. The molecule has 0 bridgehead atoms. The Morgan fingerprint density at radius 2 is 1.78 bits per heavy atom. The van der Waals surface area contributed by atoms with Crippen molar-refractivity contribution in [2.24, 2.45) is 10.7 Å². The largest absolute Gasteiger partial charge is 0.416 e. The first-order valence-corrected chi connectivity index (χ1v) is 13.9. The fraction of sp³-hybridized carbons (Fsp3) is 0.250. The summed E-state index contributed by atoms with van der Waals surface area (Å²) < 4.78 is 67.5. The second kappa shape index (κ2) is 14.0. The number of benzene rings is 3. The predicted molar refractivity (Wildman–Crippen MR) is 157 cm³/mol. The maximum atomic E-state index is 14.2. The standard InChI is InChI=1S/C32H29F5N6O2/c1-2-43-29(40-24-9-4-3-5-10-24)27(25(39)18-42(19-38)16-15-33)26(20-11-13-23(34)14-12-20)28(31(43)45)41-30(44)21-7-6-8-22(17-21)32(35,36)37/h3-14,17,26,28H,2,15-16,18,39H2,1H3,(H,41,44)/b27-25-,40-29?. The van der Waals surface area contributed by atoms with Crippen LogP contribution < -0.4 is 11.1 Å². The van der Waals surface area contributed by atoms with Gasteiger partial charge in [-0.15, -0.1) is 0 Å². The lowest BCUT2D eigenvalue weighted by Gasteiger charge is -2.41. The molecule has 1 aliphatic rings. The molecule has 0 saturated carbocycles. The number of alkyl halides is 4. The van der Waals surface area contributed by atoms with Gasteiger partial charge in [-0.05, 0) is 55.0 Å². The van der Waals surface area contributed by atoms with E-state index in [1.165, 1.54) is 23.1 Å². The van der Waals surface area contributed by atoms with Crippen LogP contribution in [0.2, 0.25) is 0 Å². The molecule has 3 aromatic carbocycles. The molecule has 13 heteroatoms. The number of aliphatic imine (C=N–C) groups is 1. The summed E-state index contributed by atoms with van der Waals surface area (Å²) in [6.07, 6.45) is -2.85. The number of piperidine rings is 1. The zero-order chi connectivity index (χ0) is 32.7. The van der Waals surface area contributed by atoms with Gasteiger partial charge in [-0.2, -0.15) is 18.4 Å². The summed E-state index contributed by atoms with van der Waals surface area (Å²) in [6.45, 7) is 0.294. The molecule has 3 aromatic rings. The molecule has 0 aromatic heterocycles. The van der Waals surface area contributed by atoms with Crippen LogP contribution in [-0.2, 0) is 11.0 Å². The number of amides is 2. The SMILES string of the molecule is CCN1C(=O)C(NC(=O)c2cccc(C(F)(F)F)c2)C(c2ccc(F)cc2)/C(=C(/N)CN(C#N)CCF)C1=Nc1ccccc1. The number of nitrogens with one attached hydrogen (secondary N) is 1. The van der Waals surface area contributed by atoms with Gasteiger partial charge in [-0.25, -0.2) is 13.8 Å². The molecule has 2 unspecified atom stereocenters. The van der Waals surface area contributed by atoms with Crippen LogP contribution in [0.1, 0.15) is 34.3 Å². The number of nitrogens with zero attached hydrogens (tertiary/aromatic N) is 4. The van der Waals surface area contributed by atoms with Crippen molar-refractivity contribution >= 4 is 23.3 Å². The van der Waals surface area contributed by atoms with Crippen molar-refractivity contribution in [3.63, 3.8) is 0 Å². The second-order valence-electron chi connectivity index (χ2n) is 10.1. The molecule has 0 radical (unpaired) electrons. The van der Waals surface area contributed by atoms with E-state index in [1.807, 2.05) is 6.19 Å². The summed E-state index contributed by atoms with van der Waals surface area (Å²) in [5.41, 5.74) is 6.19. The van der Waals surface area contributed by atoms with E-state index in [0.717, 1.165) is 29.2 Å². The zero-order valence-electron chi connectivity index (χ0n) is 24.1. The molecule has 4 rings (SSSR count). The first kappa shape index (κ1) is 32.7. The summed E-state index contributed by atoms with van der Waals surface area (Å²) in [5, 5.41) is 12.2. The molecule has 3 N–H and O–H groups in total. The number of likely N-dealkylation sites (tertiary alicyclic amines) is 1. The van der Waals surface area contributed by atoms with Crippen LogP contribution in [0.4, 0.5) is 27.6 Å². The summed E-state index contributed by atoms with van der Waals surface area (Å²) in [4.78, 5) is 34.6. The molecule has 8 nitrogen and oxygen atoms in total. The van der Waals surface area contributed by atoms with Crippen LogP contribution in [0.5, 0.6) is 0 Å². The van der Waals surface area contributed by atoms with E-state index < -0.39 is 48.0 Å². The van der Waals surface area contributed by atoms with Gasteiger partial charge in [0.15, 0.2) is 6.19 Å². The Bertz CT molecular complexity index is 1630. The molecule has 1 saturated heterocycles. The number of likely N-dealkylation sites (N-methyl/N-ethyl adjacent to an activating group) is 1. The Balaban J connectivity index is 1.94. The molecule has 1 heterocycles. The van der Waals surface area contributed by atoms with Crippen molar-refractivity contribution in [1.29, 1.82) is 5.26 Å². The molecule has 0 aliphatic carbocycles. The molecule has 2 amide bonds. The van der Waals surface area contributed by atoms with Crippen LogP contribution in [0.3, 0.4) is 0 Å². The maximum Gasteiger partial charge on any atom is 0.416 e. The van der Waals surface area contributed by atoms with Gasteiger partial charge in [0.05, 0.1) is 24.3 Å². The number of nitrogens with two attached hydrogens (primary N) is 1. The number of nitriles is 1. The van der Waals surface area contributed by atoms with Crippen molar-refractivity contribution in [1.82, 2.24) is 15.1 Å². The zero-order valence-corrected chi connectivity index (χ0v) is 24.1. The van der Waals surface area contributed by atoms with Crippen LogP contribution in [0.15, 0.2) is 95.1 Å². The highest BCUT2D eigenvalue weighted by Gasteiger charge is 2.46. The number of hydrogen-bond acceptors (Lipinski definition) is 6. The minimum atomic E-state index is -4.72. The second-order valence-corrected chi connectivity index (χ2v) is 10.1. The molecule has 45 heavy (non-hydrogen) atoms. The molecule has 0 spiro atoms. The number of rotatable bonds is 9. The van der Waals surface area contributed by atoms with E-state index in [9.17, 15) is 36.8 Å². The Labute approximate surface area is 256 Å². The van der Waals surface area contributed by atoms with E-state index >= 15 is 0 Å². The first-order chi connectivity index (χ1) is 21.5. The molecule has 234 valence electrons. The van der Waals surface area contributed by atoms with Gasteiger partial charge < -0.3 is 16.0 Å². The van der Waals surface area contributed by atoms with E-state index in [0.29, 0.717) is 17.3 Å².